The van der Waals surface area contributed by atoms with Gasteiger partial charge in [-0.15, -0.1) is 0 Å². The van der Waals surface area contributed by atoms with Crippen LogP contribution in [0.5, 0.6) is 0 Å². The Morgan fingerprint density at radius 2 is 2.14 bits per heavy atom. The number of hydrogen-bond acceptors (Lipinski definition) is 3. The van der Waals surface area contributed by atoms with Gasteiger partial charge in [0.1, 0.15) is 0 Å². The van der Waals surface area contributed by atoms with Gasteiger partial charge in [0.05, 0.1) is 12.2 Å². The molecule has 1 aromatic heterocycles. The summed E-state index contributed by atoms with van der Waals surface area (Å²) in [5.74, 6) is 1.00. The van der Waals surface area contributed by atoms with E-state index in [0.717, 1.165) is 31.3 Å². The number of piperidine rings is 1. The van der Waals surface area contributed by atoms with Crippen molar-refractivity contribution in [2.75, 3.05) is 33.2 Å². The van der Waals surface area contributed by atoms with Gasteiger partial charge in [0.2, 0.25) is 0 Å². The van der Waals surface area contributed by atoms with Crippen LogP contribution in [0.4, 0.5) is 0 Å². The minimum atomic E-state index is 0.703. The molecule has 3 rings (SSSR count). The fourth-order valence-electron chi connectivity index (χ4n) is 3.52. The molecule has 1 unspecified atom stereocenters. The Morgan fingerprint density at radius 1 is 1.27 bits per heavy atom. The average molecular weight is 301 g/mol. The third kappa shape index (κ3) is 3.77. The molecule has 120 valence electrons. The second kappa shape index (κ2) is 7.58. The van der Waals surface area contributed by atoms with Crippen molar-refractivity contribution in [2.45, 2.75) is 38.3 Å². The van der Waals surface area contributed by atoms with E-state index in [9.17, 15) is 0 Å². The quantitative estimate of drug-likeness (QED) is 0.682. The highest BCUT2D eigenvalue weighted by Gasteiger charge is 2.29. The molecule has 0 amide bonds. The van der Waals surface area contributed by atoms with Gasteiger partial charge in [0, 0.05) is 32.4 Å². The molecule has 0 spiro atoms. The number of guanidine groups is 1. The van der Waals surface area contributed by atoms with Gasteiger partial charge in [0.15, 0.2) is 5.96 Å². The van der Waals surface area contributed by atoms with E-state index in [4.69, 9.17) is 0 Å². The molecule has 2 aliphatic heterocycles. The van der Waals surface area contributed by atoms with Crippen molar-refractivity contribution in [2.24, 2.45) is 4.99 Å². The Hall–Kier alpha value is -1.62. The second-order valence-corrected chi connectivity index (χ2v) is 6.21. The molecule has 0 aromatic carbocycles. The van der Waals surface area contributed by atoms with Gasteiger partial charge in [0.25, 0.3) is 0 Å². The van der Waals surface area contributed by atoms with Gasteiger partial charge < -0.3 is 10.2 Å². The number of hydrogen-bond donors (Lipinski definition) is 1. The monoisotopic (exact) mass is 301 g/mol. The maximum Gasteiger partial charge on any atom is 0.194 e. The highest BCUT2D eigenvalue weighted by atomic mass is 15.3. The minimum Gasteiger partial charge on any atom is -0.351 e. The van der Waals surface area contributed by atoms with E-state index in [1.54, 1.807) is 0 Å². The van der Waals surface area contributed by atoms with Crippen molar-refractivity contribution in [3.63, 3.8) is 0 Å². The van der Waals surface area contributed by atoms with Crippen molar-refractivity contribution in [1.29, 1.82) is 0 Å². The molecular formula is C17H27N5. The molecule has 5 heteroatoms. The number of rotatable bonds is 3. The molecule has 1 atom stereocenters. The van der Waals surface area contributed by atoms with Crippen LogP contribution in [0.2, 0.25) is 0 Å². The standard InChI is InChI=1S/C17H27N5/c1-18-17(20-13-15-7-3-4-9-19-15)22-12-8-16(14-22)21-10-5-2-6-11-21/h3-4,7,9,16H,2,5-6,8,10-14H2,1H3,(H,18,20). The third-order valence-electron chi connectivity index (χ3n) is 4.74. The first-order chi connectivity index (χ1) is 10.9. The average Bonchev–Trinajstić information content (AvgIpc) is 3.07. The van der Waals surface area contributed by atoms with Crippen molar-refractivity contribution in [3.05, 3.63) is 30.1 Å². The van der Waals surface area contributed by atoms with Gasteiger partial charge in [-0.3, -0.25) is 14.9 Å². The van der Waals surface area contributed by atoms with E-state index in [-0.39, 0.29) is 0 Å². The lowest BCUT2D eigenvalue weighted by atomic mass is 10.1. The van der Waals surface area contributed by atoms with Crippen LogP contribution in [-0.4, -0.2) is 60.0 Å². The van der Waals surface area contributed by atoms with Crippen LogP contribution in [0.1, 0.15) is 31.4 Å². The van der Waals surface area contributed by atoms with Crippen LogP contribution in [0.3, 0.4) is 0 Å². The smallest absolute Gasteiger partial charge is 0.194 e. The van der Waals surface area contributed by atoms with Gasteiger partial charge in [-0.2, -0.15) is 0 Å². The number of pyridine rings is 1. The van der Waals surface area contributed by atoms with Crippen LogP contribution in [0.15, 0.2) is 29.4 Å². The topological polar surface area (TPSA) is 43.8 Å². The zero-order chi connectivity index (χ0) is 15.2. The molecule has 1 aromatic rings. The SMILES string of the molecule is CN=C(NCc1ccccn1)N1CCC(N2CCCCC2)C1. The van der Waals surface area contributed by atoms with Gasteiger partial charge >= 0.3 is 0 Å². The largest absolute Gasteiger partial charge is 0.351 e. The van der Waals surface area contributed by atoms with E-state index in [1.165, 1.54) is 38.8 Å². The Bertz CT molecular complexity index is 481. The molecule has 2 aliphatic rings. The number of aromatic nitrogens is 1. The molecule has 0 aliphatic carbocycles. The molecule has 0 radical (unpaired) electrons. The highest BCUT2D eigenvalue weighted by Crippen LogP contribution is 2.20. The maximum atomic E-state index is 4.45. The molecule has 2 saturated heterocycles. The number of aliphatic imine (C=N–C) groups is 1. The molecular weight excluding hydrogens is 274 g/mol. The van der Waals surface area contributed by atoms with Crippen LogP contribution < -0.4 is 5.32 Å². The van der Waals surface area contributed by atoms with Crippen molar-refractivity contribution in [3.8, 4) is 0 Å². The Morgan fingerprint density at radius 3 is 2.86 bits per heavy atom. The van der Waals surface area contributed by atoms with E-state index < -0.39 is 0 Å². The lowest BCUT2D eigenvalue weighted by molar-refractivity contribution is 0.168. The van der Waals surface area contributed by atoms with E-state index in [1.807, 2.05) is 31.4 Å². The summed E-state index contributed by atoms with van der Waals surface area (Å²) in [6.07, 6.45) is 7.22. The summed E-state index contributed by atoms with van der Waals surface area (Å²) in [4.78, 5) is 13.9. The number of nitrogens with one attached hydrogen (secondary N) is 1. The summed E-state index contributed by atoms with van der Waals surface area (Å²) in [5.41, 5.74) is 1.05. The zero-order valence-corrected chi connectivity index (χ0v) is 13.5. The first-order valence-electron chi connectivity index (χ1n) is 8.46. The summed E-state index contributed by atoms with van der Waals surface area (Å²) in [6.45, 7) is 5.49. The molecule has 22 heavy (non-hydrogen) atoms. The summed E-state index contributed by atoms with van der Waals surface area (Å²) >= 11 is 0. The summed E-state index contributed by atoms with van der Waals surface area (Å²) in [7, 11) is 1.87. The third-order valence-corrected chi connectivity index (χ3v) is 4.74. The van der Waals surface area contributed by atoms with Gasteiger partial charge in [-0.25, -0.2) is 0 Å². The number of nitrogens with zero attached hydrogens (tertiary/aromatic N) is 4. The first kappa shape index (κ1) is 15.3. The van der Waals surface area contributed by atoms with Crippen LogP contribution in [0, 0.1) is 0 Å². The molecule has 1 N–H and O–H groups in total. The molecule has 2 fully saturated rings. The normalized spacial score (nSPS) is 23.8. The zero-order valence-electron chi connectivity index (χ0n) is 13.5. The van der Waals surface area contributed by atoms with E-state index >= 15 is 0 Å². The number of likely N-dealkylation sites (tertiary alicyclic amines) is 2. The van der Waals surface area contributed by atoms with Crippen molar-refractivity contribution >= 4 is 5.96 Å². The van der Waals surface area contributed by atoms with Gasteiger partial charge in [-0.1, -0.05) is 12.5 Å². The summed E-state index contributed by atoms with van der Waals surface area (Å²) in [5, 5.41) is 3.45. The van der Waals surface area contributed by atoms with Crippen molar-refractivity contribution < 1.29 is 0 Å². The van der Waals surface area contributed by atoms with Crippen LogP contribution >= 0.6 is 0 Å². The Balaban J connectivity index is 1.51. The highest BCUT2D eigenvalue weighted by molar-refractivity contribution is 5.80. The lowest BCUT2D eigenvalue weighted by Crippen LogP contribution is -2.44. The minimum absolute atomic E-state index is 0.703. The fraction of sp³-hybridized carbons (Fsp3) is 0.647. The first-order valence-corrected chi connectivity index (χ1v) is 8.46. The molecule has 0 saturated carbocycles. The van der Waals surface area contributed by atoms with Crippen LogP contribution in [0.25, 0.3) is 0 Å². The Labute approximate surface area is 133 Å². The second-order valence-electron chi connectivity index (χ2n) is 6.21. The fourth-order valence-corrected chi connectivity index (χ4v) is 3.52. The van der Waals surface area contributed by atoms with Crippen LogP contribution in [-0.2, 0) is 6.54 Å². The predicted molar refractivity (Wildman–Crippen MR) is 89.8 cm³/mol. The summed E-state index contributed by atoms with van der Waals surface area (Å²) < 4.78 is 0. The maximum absolute atomic E-state index is 4.45. The van der Waals surface area contributed by atoms with Gasteiger partial charge in [-0.05, 0) is 44.5 Å². The molecule has 5 nitrogen and oxygen atoms in total. The Kier molecular flexibility index (Phi) is 5.27. The van der Waals surface area contributed by atoms with Crippen molar-refractivity contribution in [1.82, 2.24) is 20.1 Å². The lowest BCUT2D eigenvalue weighted by Gasteiger charge is -2.32. The summed E-state index contributed by atoms with van der Waals surface area (Å²) in [6, 6.07) is 6.71. The van der Waals surface area contributed by atoms with E-state index in [2.05, 4.69) is 25.1 Å². The molecule has 0 bridgehead atoms. The van der Waals surface area contributed by atoms with E-state index in [0.29, 0.717) is 6.04 Å². The molecule has 3 heterocycles. The predicted octanol–water partition coefficient (Wildman–Crippen LogP) is 1.72.